The number of allylic oxidation sites excluding steroid dienone is 1. The van der Waals surface area contributed by atoms with Crippen molar-refractivity contribution >= 4 is 6.29 Å². The van der Waals surface area contributed by atoms with Crippen LogP contribution < -0.4 is 0 Å². The zero-order chi connectivity index (χ0) is 8.53. The van der Waals surface area contributed by atoms with Crippen molar-refractivity contribution in [2.45, 2.75) is 26.7 Å². The highest BCUT2D eigenvalue weighted by Gasteiger charge is 1.93. The summed E-state index contributed by atoms with van der Waals surface area (Å²) < 4.78 is 0. The second kappa shape index (κ2) is 7.32. The predicted molar refractivity (Wildman–Crippen MR) is 47.4 cm³/mol. The molecule has 0 heterocycles. The van der Waals surface area contributed by atoms with Crippen molar-refractivity contribution < 1.29 is 4.79 Å². The fraction of sp³-hybridized carbons (Fsp3) is 0.667. The molecule has 0 N–H and O–H groups in total. The van der Waals surface area contributed by atoms with Gasteiger partial charge in [0, 0.05) is 19.3 Å². The molecule has 0 radical (unpaired) electrons. The minimum absolute atomic E-state index is 0.818. The van der Waals surface area contributed by atoms with E-state index in [1.807, 2.05) is 6.20 Å². The minimum atomic E-state index is 0.818. The summed E-state index contributed by atoms with van der Waals surface area (Å²) >= 11 is 0. The van der Waals surface area contributed by atoms with E-state index in [-0.39, 0.29) is 0 Å². The van der Waals surface area contributed by atoms with E-state index < -0.39 is 0 Å². The van der Waals surface area contributed by atoms with Crippen LogP contribution in [0, 0.1) is 0 Å². The molecular formula is C9H17NO. The van der Waals surface area contributed by atoms with Gasteiger partial charge in [0.15, 0.2) is 0 Å². The van der Waals surface area contributed by atoms with Crippen molar-refractivity contribution in [1.82, 2.24) is 4.90 Å². The molecule has 0 unspecified atom stereocenters. The first-order valence-electron chi connectivity index (χ1n) is 4.21. The quantitative estimate of drug-likeness (QED) is 0.431. The van der Waals surface area contributed by atoms with Crippen LogP contribution in [0.15, 0.2) is 12.3 Å². The summed E-state index contributed by atoms with van der Waals surface area (Å²) in [4.78, 5) is 12.2. The van der Waals surface area contributed by atoms with Crippen LogP contribution in [0.2, 0.25) is 0 Å². The zero-order valence-corrected chi connectivity index (χ0v) is 7.42. The number of carbonyl (C=O) groups is 1. The lowest BCUT2D eigenvalue weighted by Gasteiger charge is -2.17. The van der Waals surface area contributed by atoms with Crippen LogP contribution in [0.4, 0.5) is 0 Å². The van der Waals surface area contributed by atoms with Crippen molar-refractivity contribution in [3.05, 3.63) is 12.3 Å². The Labute approximate surface area is 68.9 Å². The summed E-state index contributed by atoms with van der Waals surface area (Å²) in [6.07, 6.45) is 6.48. The van der Waals surface area contributed by atoms with E-state index in [1.165, 1.54) is 0 Å². The van der Waals surface area contributed by atoms with Crippen molar-refractivity contribution in [1.29, 1.82) is 0 Å². The Kier molecular flexibility index (Phi) is 6.79. The SMILES string of the molecule is CCCN(/C=C/C=O)CCC. The Bertz CT molecular complexity index is 115. The fourth-order valence-electron chi connectivity index (χ4n) is 0.992. The molecule has 0 fully saturated rings. The average Bonchev–Trinajstić information content (AvgIpc) is 2.01. The van der Waals surface area contributed by atoms with E-state index >= 15 is 0 Å². The van der Waals surface area contributed by atoms with Gasteiger partial charge in [0.2, 0.25) is 0 Å². The minimum Gasteiger partial charge on any atom is -0.377 e. The van der Waals surface area contributed by atoms with Gasteiger partial charge in [0.25, 0.3) is 0 Å². The fourth-order valence-corrected chi connectivity index (χ4v) is 0.992. The third kappa shape index (κ3) is 5.64. The number of hydrogen-bond donors (Lipinski definition) is 0. The second-order valence-corrected chi connectivity index (χ2v) is 2.51. The standard InChI is InChI=1S/C9H17NO/c1-3-6-10(7-4-2)8-5-9-11/h5,8-9H,3-4,6-7H2,1-2H3/b8-5+. The summed E-state index contributed by atoms with van der Waals surface area (Å²) in [6, 6.07) is 0. The highest BCUT2D eigenvalue weighted by Crippen LogP contribution is 1.93. The van der Waals surface area contributed by atoms with Crippen molar-refractivity contribution in [3.63, 3.8) is 0 Å². The van der Waals surface area contributed by atoms with Gasteiger partial charge in [-0.05, 0) is 18.9 Å². The lowest BCUT2D eigenvalue weighted by molar-refractivity contribution is -0.104. The number of nitrogens with zero attached hydrogens (tertiary/aromatic N) is 1. The number of aldehydes is 1. The van der Waals surface area contributed by atoms with E-state index in [9.17, 15) is 4.79 Å². The molecule has 0 saturated heterocycles. The molecule has 0 amide bonds. The summed E-state index contributed by atoms with van der Waals surface area (Å²) in [6.45, 7) is 6.35. The van der Waals surface area contributed by atoms with E-state index in [0.717, 1.165) is 32.2 Å². The van der Waals surface area contributed by atoms with E-state index in [0.29, 0.717) is 0 Å². The average molecular weight is 155 g/mol. The number of hydrogen-bond acceptors (Lipinski definition) is 2. The highest BCUT2D eigenvalue weighted by molar-refractivity contribution is 5.64. The smallest absolute Gasteiger partial charge is 0.144 e. The van der Waals surface area contributed by atoms with Gasteiger partial charge in [0.1, 0.15) is 6.29 Å². The summed E-state index contributed by atoms with van der Waals surface area (Å²) in [7, 11) is 0. The zero-order valence-electron chi connectivity index (χ0n) is 7.42. The second-order valence-electron chi connectivity index (χ2n) is 2.51. The monoisotopic (exact) mass is 155 g/mol. The molecule has 0 spiro atoms. The lowest BCUT2D eigenvalue weighted by Crippen LogP contribution is -2.18. The third-order valence-corrected chi connectivity index (χ3v) is 1.40. The van der Waals surface area contributed by atoms with Crippen LogP contribution in [-0.2, 0) is 4.79 Å². The molecule has 0 atom stereocenters. The van der Waals surface area contributed by atoms with E-state index in [1.54, 1.807) is 6.08 Å². The van der Waals surface area contributed by atoms with E-state index in [4.69, 9.17) is 0 Å². The maximum Gasteiger partial charge on any atom is 0.144 e. The molecule has 0 aliphatic carbocycles. The van der Waals surface area contributed by atoms with Gasteiger partial charge in [-0.3, -0.25) is 4.79 Å². The number of carbonyl (C=O) groups excluding carboxylic acids is 1. The van der Waals surface area contributed by atoms with E-state index in [2.05, 4.69) is 18.7 Å². The largest absolute Gasteiger partial charge is 0.377 e. The normalized spacial score (nSPS) is 10.4. The topological polar surface area (TPSA) is 20.3 Å². The molecule has 0 rings (SSSR count). The maximum absolute atomic E-state index is 10.0. The van der Waals surface area contributed by atoms with Crippen LogP contribution >= 0.6 is 0 Å². The maximum atomic E-state index is 10.0. The molecule has 0 aromatic carbocycles. The van der Waals surface area contributed by atoms with Crippen LogP contribution in [0.1, 0.15) is 26.7 Å². The van der Waals surface area contributed by atoms with Crippen LogP contribution in [-0.4, -0.2) is 24.3 Å². The number of rotatable bonds is 6. The first kappa shape index (κ1) is 10.2. The molecule has 0 aliphatic heterocycles. The summed E-state index contributed by atoms with van der Waals surface area (Å²) in [5, 5.41) is 0. The first-order chi connectivity index (χ1) is 5.35. The van der Waals surface area contributed by atoms with Gasteiger partial charge >= 0.3 is 0 Å². The lowest BCUT2D eigenvalue weighted by atomic mass is 10.4. The molecule has 0 bridgehead atoms. The molecule has 0 saturated carbocycles. The van der Waals surface area contributed by atoms with Gasteiger partial charge in [0.05, 0.1) is 0 Å². The third-order valence-electron chi connectivity index (χ3n) is 1.40. The molecule has 64 valence electrons. The Hall–Kier alpha value is -0.790. The molecule has 0 aromatic heterocycles. The first-order valence-corrected chi connectivity index (χ1v) is 4.21. The molecular weight excluding hydrogens is 138 g/mol. The van der Waals surface area contributed by atoms with Gasteiger partial charge < -0.3 is 4.90 Å². The van der Waals surface area contributed by atoms with Crippen LogP contribution in [0.5, 0.6) is 0 Å². The Morgan fingerprint density at radius 1 is 1.18 bits per heavy atom. The van der Waals surface area contributed by atoms with Gasteiger partial charge in [-0.1, -0.05) is 13.8 Å². The summed E-state index contributed by atoms with van der Waals surface area (Å²) in [5.41, 5.74) is 0. The predicted octanol–water partition coefficient (Wildman–Crippen LogP) is 1.82. The highest BCUT2D eigenvalue weighted by atomic mass is 16.1. The summed E-state index contributed by atoms with van der Waals surface area (Å²) in [5.74, 6) is 0. The Morgan fingerprint density at radius 3 is 2.09 bits per heavy atom. The van der Waals surface area contributed by atoms with Crippen LogP contribution in [0.3, 0.4) is 0 Å². The van der Waals surface area contributed by atoms with Gasteiger partial charge in [-0.15, -0.1) is 0 Å². The van der Waals surface area contributed by atoms with Crippen LogP contribution in [0.25, 0.3) is 0 Å². The van der Waals surface area contributed by atoms with Gasteiger partial charge in [-0.25, -0.2) is 0 Å². The molecule has 0 aliphatic rings. The Morgan fingerprint density at radius 2 is 1.73 bits per heavy atom. The van der Waals surface area contributed by atoms with Crippen molar-refractivity contribution in [3.8, 4) is 0 Å². The Balaban J connectivity index is 3.67. The molecule has 0 aromatic rings. The molecule has 2 heteroatoms. The molecule has 2 nitrogen and oxygen atoms in total. The van der Waals surface area contributed by atoms with Gasteiger partial charge in [-0.2, -0.15) is 0 Å². The van der Waals surface area contributed by atoms with Crippen molar-refractivity contribution in [2.24, 2.45) is 0 Å². The molecule has 11 heavy (non-hydrogen) atoms. The van der Waals surface area contributed by atoms with Crippen molar-refractivity contribution in [2.75, 3.05) is 13.1 Å².